The maximum atomic E-state index is 12.7. The molecule has 0 radical (unpaired) electrons. The second kappa shape index (κ2) is 8.17. The van der Waals surface area contributed by atoms with Crippen molar-refractivity contribution in [1.82, 2.24) is 9.80 Å². The molecule has 1 amide bonds. The van der Waals surface area contributed by atoms with Crippen molar-refractivity contribution < 1.29 is 9.53 Å². The molecule has 0 bridgehead atoms. The van der Waals surface area contributed by atoms with Gasteiger partial charge in [-0.2, -0.15) is 0 Å². The number of carbonyl (C=O) groups excluding carboxylic acids is 1. The van der Waals surface area contributed by atoms with Crippen LogP contribution in [0.2, 0.25) is 0 Å². The molecule has 1 atom stereocenters. The lowest BCUT2D eigenvalue weighted by molar-refractivity contribution is -0.139. The molecule has 25 heavy (non-hydrogen) atoms. The summed E-state index contributed by atoms with van der Waals surface area (Å²) in [6.45, 7) is 8.09. The second-order valence-corrected chi connectivity index (χ2v) is 6.61. The highest BCUT2D eigenvalue weighted by atomic mass is 16.5. The zero-order valence-electron chi connectivity index (χ0n) is 15.0. The minimum atomic E-state index is -0.457. The smallest absolute Gasteiger partial charge is 0.263 e. The summed E-state index contributed by atoms with van der Waals surface area (Å²) in [6, 6.07) is 18.3. The molecule has 0 N–H and O–H groups in total. The number of benzene rings is 2. The average Bonchev–Trinajstić information content (AvgIpc) is 2.64. The second-order valence-electron chi connectivity index (χ2n) is 6.61. The van der Waals surface area contributed by atoms with Crippen molar-refractivity contribution in [1.29, 1.82) is 0 Å². The molecule has 1 aliphatic rings. The molecule has 1 aliphatic heterocycles. The zero-order valence-corrected chi connectivity index (χ0v) is 15.0. The van der Waals surface area contributed by atoms with Gasteiger partial charge in [-0.1, -0.05) is 48.5 Å². The van der Waals surface area contributed by atoms with Gasteiger partial charge in [-0.3, -0.25) is 9.69 Å². The fourth-order valence-electron chi connectivity index (χ4n) is 3.15. The van der Waals surface area contributed by atoms with Crippen LogP contribution in [-0.4, -0.2) is 48.0 Å². The number of aryl methyl sites for hydroxylation is 1. The van der Waals surface area contributed by atoms with Gasteiger partial charge in [-0.15, -0.1) is 0 Å². The van der Waals surface area contributed by atoms with Crippen LogP contribution in [-0.2, 0) is 11.3 Å². The maximum Gasteiger partial charge on any atom is 0.263 e. The van der Waals surface area contributed by atoms with Crippen molar-refractivity contribution in [3.8, 4) is 5.75 Å². The molecule has 132 valence electrons. The highest BCUT2D eigenvalue weighted by Gasteiger charge is 2.26. The number of para-hydroxylation sites is 1. The van der Waals surface area contributed by atoms with E-state index in [0.717, 1.165) is 44.0 Å². The van der Waals surface area contributed by atoms with Crippen LogP contribution in [0.3, 0.4) is 0 Å². The Hall–Kier alpha value is -2.33. The number of amides is 1. The Labute approximate surface area is 150 Å². The molecule has 0 aromatic heterocycles. The number of carbonyl (C=O) groups is 1. The summed E-state index contributed by atoms with van der Waals surface area (Å²) in [4.78, 5) is 17.0. The third kappa shape index (κ3) is 4.60. The molecule has 4 nitrogen and oxygen atoms in total. The van der Waals surface area contributed by atoms with Crippen LogP contribution in [0.5, 0.6) is 5.75 Å². The van der Waals surface area contributed by atoms with Crippen LogP contribution < -0.4 is 4.74 Å². The first-order valence-corrected chi connectivity index (χ1v) is 8.91. The lowest BCUT2D eigenvalue weighted by Gasteiger charge is -2.36. The molecule has 1 heterocycles. The lowest BCUT2D eigenvalue weighted by Crippen LogP contribution is -2.51. The number of piperazine rings is 1. The van der Waals surface area contributed by atoms with Crippen molar-refractivity contribution in [3.05, 3.63) is 65.7 Å². The minimum Gasteiger partial charge on any atom is -0.481 e. The van der Waals surface area contributed by atoms with Gasteiger partial charge in [0.05, 0.1) is 0 Å². The Morgan fingerprint density at radius 3 is 2.32 bits per heavy atom. The molecule has 2 aromatic rings. The molecule has 1 saturated heterocycles. The van der Waals surface area contributed by atoms with Crippen LogP contribution >= 0.6 is 0 Å². The Morgan fingerprint density at radius 2 is 1.64 bits per heavy atom. The van der Waals surface area contributed by atoms with Crippen molar-refractivity contribution >= 4 is 5.91 Å². The molecule has 2 aromatic carbocycles. The molecule has 0 unspecified atom stereocenters. The van der Waals surface area contributed by atoms with Gasteiger partial charge < -0.3 is 9.64 Å². The Balaban J connectivity index is 1.50. The first-order valence-electron chi connectivity index (χ1n) is 8.91. The largest absolute Gasteiger partial charge is 0.481 e. The van der Waals surface area contributed by atoms with Crippen LogP contribution in [0.25, 0.3) is 0 Å². The molecular weight excluding hydrogens is 312 g/mol. The van der Waals surface area contributed by atoms with Crippen molar-refractivity contribution in [2.45, 2.75) is 26.5 Å². The number of hydrogen-bond donors (Lipinski definition) is 0. The van der Waals surface area contributed by atoms with E-state index in [0.29, 0.717) is 0 Å². The molecule has 4 heteroatoms. The third-order valence-corrected chi connectivity index (χ3v) is 4.68. The fourth-order valence-corrected chi connectivity index (χ4v) is 3.15. The molecular formula is C21H26N2O2. The number of rotatable bonds is 5. The van der Waals surface area contributed by atoms with Crippen LogP contribution in [0.15, 0.2) is 54.6 Å². The van der Waals surface area contributed by atoms with E-state index in [1.807, 2.05) is 49.1 Å². The SMILES string of the molecule is Cc1ccccc1O[C@H](C)C(=O)N1CCN(Cc2ccccc2)CC1. The standard InChI is InChI=1S/C21H26N2O2/c1-17-8-6-7-11-20(17)25-18(2)21(24)23-14-12-22(13-15-23)16-19-9-4-3-5-10-19/h3-11,18H,12-16H2,1-2H3/t18-/m1/s1. The fraction of sp³-hybridized carbons (Fsp3) is 0.381. The van der Waals surface area contributed by atoms with Gasteiger partial charge in [0.25, 0.3) is 5.91 Å². The summed E-state index contributed by atoms with van der Waals surface area (Å²) < 4.78 is 5.88. The average molecular weight is 338 g/mol. The zero-order chi connectivity index (χ0) is 17.6. The third-order valence-electron chi connectivity index (χ3n) is 4.68. The van der Waals surface area contributed by atoms with Gasteiger partial charge in [-0.25, -0.2) is 0 Å². The van der Waals surface area contributed by atoms with E-state index in [2.05, 4.69) is 29.2 Å². The highest BCUT2D eigenvalue weighted by Crippen LogP contribution is 2.19. The number of hydrogen-bond acceptors (Lipinski definition) is 3. The summed E-state index contributed by atoms with van der Waals surface area (Å²) >= 11 is 0. The molecule has 0 spiro atoms. The summed E-state index contributed by atoms with van der Waals surface area (Å²) in [7, 11) is 0. The topological polar surface area (TPSA) is 32.8 Å². The van der Waals surface area contributed by atoms with Crippen LogP contribution in [0, 0.1) is 6.92 Å². The van der Waals surface area contributed by atoms with E-state index in [-0.39, 0.29) is 5.91 Å². The van der Waals surface area contributed by atoms with Crippen LogP contribution in [0.4, 0.5) is 0 Å². The van der Waals surface area contributed by atoms with E-state index in [9.17, 15) is 4.79 Å². The Morgan fingerprint density at radius 1 is 1.00 bits per heavy atom. The molecule has 1 fully saturated rings. The van der Waals surface area contributed by atoms with Crippen molar-refractivity contribution in [2.24, 2.45) is 0 Å². The first-order chi connectivity index (χ1) is 12.1. The van der Waals surface area contributed by atoms with E-state index < -0.39 is 6.10 Å². The van der Waals surface area contributed by atoms with Gasteiger partial charge in [0, 0.05) is 32.7 Å². The first kappa shape index (κ1) is 17.5. The normalized spacial score (nSPS) is 16.5. The van der Waals surface area contributed by atoms with E-state index in [1.165, 1.54) is 5.56 Å². The van der Waals surface area contributed by atoms with Gasteiger partial charge in [0.2, 0.25) is 0 Å². The Kier molecular flexibility index (Phi) is 5.71. The molecule has 0 aliphatic carbocycles. The summed E-state index contributed by atoms with van der Waals surface area (Å²) in [6.07, 6.45) is -0.457. The summed E-state index contributed by atoms with van der Waals surface area (Å²) in [5.74, 6) is 0.855. The van der Waals surface area contributed by atoms with E-state index in [1.54, 1.807) is 0 Å². The monoisotopic (exact) mass is 338 g/mol. The predicted molar refractivity (Wildman–Crippen MR) is 99.6 cm³/mol. The van der Waals surface area contributed by atoms with Crippen molar-refractivity contribution in [2.75, 3.05) is 26.2 Å². The summed E-state index contributed by atoms with van der Waals surface area (Å²) in [5.41, 5.74) is 2.37. The van der Waals surface area contributed by atoms with E-state index >= 15 is 0 Å². The van der Waals surface area contributed by atoms with Crippen molar-refractivity contribution in [3.63, 3.8) is 0 Å². The number of nitrogens with zero attached hydrogens (tertiary/aromatic N) is 2. The van der Waals surface area contributed by atoms with Gasteiger partial charge >= 0.3 is 0 Å². The highest BCUT2D eigenvalue weighted by molar-refractivity contribution is 5.81. The Bertz CT molecular complexity index is 694. The maximum absolute atomic E-state index is 12.7. The lowest BCUT2D eigenvalue weighted by atomic mass is 10.2. The van der Waals surface area contributed by atoms with Gasteiger partial charge in [-0.05, 0) is 31.0 Å². The predicted octanol–water partition coefficient (Wildman–Crippen LogP) is 3.11. The van der Waals surface area contributed by atoms with Gasteiger partial charge in [0.15, 0.2) is 6.10 Å². The summed E-state index contributed by atoms with van der Waals surface area (Å²) in [5, 5.41) is 0. The number of ether oxygens (including phenoxy) is 1. The van der Waals surface area contributed by atoms with E-state index in [4.69, 9.17) is 4.74 Å². The minimum absolute atomic E-state index is 0.0719. The van der Waals surface area contributed by atoms with Crippen LogP contribution in [0.1, 0.15) is 18.1 Å². The quantitative estimate of drug-likeness (QED) is 0.840. The van der Waals surface area contributed by atoms with Gasteiger partial charge in [0.1, 0.15) is 5.75 Å². The molecule has 3 rings (SSSR count). The molecule has 0 saturated carbocycles.